The van der Waals surface area contributed by atoms with Crippen molar-refractivity contribution in [2.24, 2.45) is 0 Å². The molecule has 1 heterocycles. The van der Waals surface area contributed by atoms with Crippen LogP contribution in [0.3, 0.4) is 0 Å². The highest BCUT2D eigenvalue weighted by Crippen LogP contribution is 2.02. The lowest BCUT2D eigenvalue weighted by Crippen LogP contribution is -2.29. The molecule has 0 aromatic heterocycles. The predicted octanol–water partition coefficient (Wildman–Crippen LogP) is 0.876. The van der Waals surface area contributed by atoms with Gasteiger partial charge in [0.05, 0.1) is 0 Å². The molecule has 1 N–H and O–H groups in total. The van der Waals surface area contributed by atoms with Gasteiger partial charge in [-0.3, -0.25) is 0 Å². The summed E-state index contributed by atoms with van der Waals surface area (Å²) in [5.41, 5.74) is 0. The van der Waals surface area contributed by atoms with E-state index in [1.165, 1.54) is 6.08 Å². The lowest BCUT2D eigenvalue weighted by atomic mass is 10.3. The number of aliphatic hydroxyl groups is 1. The summed E-state index contributed by atoms with van der Waals surface area (Å²) in [7, 11) is 0. The molecule has 0 aliphatic carbocycles. The van der Waals surface area contributed by atoms with Gasteiger partial charge in [-0.1, -0.05) is 18.7 Å². The minimum atomic E-state index is -0.554. The third kappa shape index (κ3) is 1.48. The first-order valence-corrected chi connectivity index (χ1v) is 3.24. The largest absolute Gasteiger partial charge is 0.370 e. The second kappa shape index (κ2) is 3.22. The van der Waals surface area contributed by atoms with Crippen molar-refractivity contribution in [3.63, 3.8) is 0 Å². The molecule has 54 valence electrons. The number of rotatable bonds is 2. The molecular weight excluding hydrogens is 126 g/mol. The van der Waals surface area contributed by atoms with Gasteiger partial charge >= 0.3 is 0 Å². The van der Waals surface area contributed by atoms with Crippen LogP contribution in [0.15, 0.2) is 37.1 Å². The molecule has 0 saturated heterocycles. The van der Waals surface area contributed by atoms with Crippen molar-refractivity contribution in [1.82, 2.24) is 4.90 Å². The molecule has 0 aromatic rings. The van der Waals surface area contributed by atoms with E-state index in [4.69, 9.17) is 0 Å². The third-order valence-electron chi connectivity index (χ3n) is 1.39. The van der Waals surface area contributed by atoms with Gasteiger partial charge in [-0.2, -0.15) is 0 Å². The van der Waals surface area contributed by atoms with Crippen molar-refractivity contribution in [2.45, 2.75) is 6.23 Å². The fourth-order valence-corrected chi connectivity index (χ4v) is 0.814. The predicted molar refractivity (Wildman–Crippen MR) is 41.2 cm³/mol. The Morgan fingerprint density at radius 2 is 2.40 bits per heavy atom. The van der Waals surface area contributed by atoms with E-state index in [1.807, 2.05) is 24.4 Å². The quantitative estimate of drug-likeness (QED) is 0.571. The highest BCUT2D eigenvalue weighted by Gasteiger charge is 2.05. The summed E-state index contributed by atoms with van der Waals surface area (Å²) in [5.74, 6) is 0. The van der Waals surface area contributed by atoms with E-state index in [2.05, 4.69) is 6.58 Å². The molecule has 0 spiro atoms. The molecule has 0 amide bonds. The zero-order valence-electron chi connectivity index (χ0n) is 5.77. The van der Waals surface area contributed by atoms with E-state index in [0.717, 1.165) is 6.54 Å². The van der Waals surface area contributed by atoms with Crippen LogP contribution in [0.25, 0.3) is 0 Å². The molecule has 0 aromatic carbocycles. The maximum Gasteiger partial charge on any atom is 0.145 e. The Bertz CT molecular complexity index is 172. The Morgan fingerprint density at radius 1 is 1.60 bits per heavy atom. The number of aliphatic hydroxyl groups excluding tert-OH is 1. The summed E-state index contributed by atoms with van der Waals surface area (Å²) in [6.45, 7) is 4.24. The molecule has 1 aliphatic rings. The van der Waals surface area contributed by atoms with Crippen molar-refractivity contribution in [3.05, 3.63) is 37.1 Å². The Morgan fingerprint density at radius 3 is 2.90 bits per heavy atom. The lowest BCUT2D eigenvalue weighted by molar-refractivity contribution is 0.0879. The molecule has 1 rings (SSSR count). The Hall–Kier alpha value is -1.02. The first-order chi connectivity index (χ1) is 4.84. The Labute approximate surface area is 60.8 Å². The van der Waals surface area contributed by atoms with Crippen LogP contribution < -0.4 is 0 Å². The first-order valence-electron chi connectivity index (χ1n) is 3.24. The number of hydrogen-bond acceptors (Lipinski definition) is 2. The fourth-order valence-electron chi connectivity index (χ4n) is 0.814. The van der Waals surface area contributed by atoms with Crippen molar-refractivity contribution in [3.8, 4) is 0 Å². The fraction of sp³-hybridized carbons (Fsp3) is 0.250. The van der Waals surface area contributed by atoms with E-state index >= 15 is 0 Å². The van der Waals surface area contributed by atoms with Crippen LogP contribution in [0.1, 0.15) is 0 Å². The van der Waals surface area contributed by atoms with Crippen LogP contribution in [0.2, 0.25) is 0 Å². The second-order valence-electron chi connectivity index (χ2n) is 2.12. The van der Waals surface area contributed by atoms with Crippen LogP contribution >= 0.6 is 0 Å². The maximum absolute atomic E-state index is 9.21. The molecule has 2 heteroatoms. The van der Waals surface area contributed by atoms with Crippen LogP contribution in [-0.4, -0.2) is 22.8 Å². The zero-order valence-corrected chi connectivity index (χ0v) is 5.77. The molecule has 0 fully saturated rings. The van der Waals surface area contributed by atoms with E-state index in [9.17, 15) is 5.11 Å². The normalized spacial score (nSPS) is 19.1. The molecule has 1 unspecified atom stereocenters. The average molecular weight is 137 g/mol. The van der Waals surface area contributed by atoms with Crippen molar-refractivity contribution >= 4 is 0 Å². The number of nitrogens with zero attached hydrogens (tertiary/aromatic N) is 1. The summed E-state index contributed by atoms with van der Waals surface area (Å²) < 4.78 is 0. The summed E-state index contributed by atoms with van der Waals surface area (Å²) in [6, 6.07) is 0. The summed E-state index contributed by atoms with van der Waals surface area (Å²) in [5, 5.41) is 9.21. The Kier molecular flexibility index (Phi) is 2.29. The van der Waals surface area contributed by atoms with Gasteiger partial charge in [0.25, 0.3) is 0 Å². The molecule has 10 heavy (non-hydrogen) atoms. The monoisotopic (exact) mass is 137 g/mol. The molecule has 1 aliphatic heterocycles. The van der Waals surface area contributed by atoms with E-state index in [1.54, 1.807) is 4.90 Å². The minimum Gasteiger partial charge on any atom is -0.370 e. The van der Waals surface area contributed by atoms with E-state index in [-0.39, 0.29) is 0 Å². The van der Waals surface area contributed by atoms with Gasteiger partial charge in [0.1, 0.15) is 6.23 Å². The standard InChI is InChI=1S/C8H11NO/c1-2-8(10)9-6-4-3-5-7-9/h2-6,8,10H,1,7H2. The van der Waals surface area contributed by atoms with Crippen LogP contribution in [-0.2, 0) is 0 Å². The third-order valence-corrected chi connectivity index (χ3v) is 1.39. The summed E-state index contributed by atoms with van der Waals surface area (Å²) >= 11 is 0. The Balaban J connectivity index is 2.50. The summed E-state index contributed by atoms with van der Waals surface area (Å²) in [4.78, 5) is 1.78. The van der Waals surface area contributed by atoms with Gasteiger partial charge < -0.3 is 10.0 Å². The molecular formula is C8H11NO. The van der Waals surface area contributed by atoms with E-state index < -0.39 is 6.23 Å². The molecule has 1 atom stereocenters. The van der Waals surface area contributed by atoms with Crippen LogP contribution in [0.4, 0.5) is 0 Å². The minimum absolute atomic E-state index is 0.554. The van der Waals surface area contributed by atoms with Crippen molar-refractivity contribution in [1.29, 1.82) is 0 Å². The lowest BCUT2D eigenvalue weighted by Gasteiger charge is -2.23. The maximum atomic E-state index is 9.21. The van der Waals surface area contributed by atoms with Gasteiger partial charge in [0.2, 0.25) is 0 Å². The first kappa shape index (κ1) is 7.09. The molecule has 0 saturated carbocycles. The van der Waals surface area contributed by atoms with E-state index in [0.29, 0.717) is 0 Å². The molecule has 0 radical (unpaired) electrons. The molecule has 2 nitrogen and oxygen atoms in total. The summed E-state index contributed by atoms with van der Waals surface area (Å²) in [6.07, 6.45) is 8.60. The van der Waals surface area contributed by atoms with Gasteiger partial charge in [-0.15, -0.1) is 0 Å². The van der Waals surface area contributed by atoms with Crippen LogP contribution in [0.5, 0.6) is 0 Å². The van der Waals surface area contributed by atoms with Crippen molar-refractivity contribution < 1.29 is 5.11 Å². The number of allylic oxidation sites excluding steroid dienone is 2. The van der Waals surface area contributed by atoms with Gasteiger partial charge in [0.15, 0.2) is 0 Å². The highest BCUT2D eigenvalue weighted by molar-refractivity contribution is 5.09. The molecule has 0 bridgehead atoms. The van der Waals surface area contributed by atoms with Gasteiger partial charge in [-0.05, 0) is 12.2 Å². The SMILES string of the molecule is C=CC(O)N1C=CC=CC1. The van der Waals surface area contributed by atoms with Gasteiger partial charge in [0, 0.05) is 12.7 Å². The highest BCUT2D eigenvalue weighted by atomic mass is 16.3. The van der Waals surface area contributed by atoms with Crippen molar-refractivity contribution in [2.75, 3.05) is 6.54 Å². The van der Waals surface area contributed by atoms with Gasteiger partial charge in [-0.25, -0.2) is 0 Å². The van der Waals surface area contributed by atoms with Crippen LogP contribution in [0, 0.1) is 0 Å². The topological polar surface area (TPSA) is 23.5 Å². The zero-order chi connectivity index (χ0) is 7.40. The average Bonchev–Trinajstić information content (AvgIpc) is 2.05. The number of hydrogen-bond donors (Lipinski definition) is 1. The smallest absolute Gasteiger partial charge is 0.145 e. The second-order valence-corrected chi connectivity index (χ2v) is 2.12.